The Morgan fingerprint density at radius 3 is 2.20 bits per heavy atom. The largest absolute Gasteiger partial charge is 0.480 e. The lowest BCUT2D eigenvalue weighted by Gasteiger charge is -2.28. The quantitative estimate of drug-likeness (QED) is 0.731. The van der Waals surface area contributed by atoms with Crippen LogP contribution in [-0.4, -0.2) is 41.1 Å². The number of amides is 1. The van der Waals surface area contributed by atoms with Gasteiger partial charge in [-0.05, 0) is 30.0 Å². The monoisotopic (exact) mass is 379 g/mol. The zero-order valence-corrected chi connectivity index (χ0v) is 14.8. The highest BCUT2D eigenvalue weighted by Crippen LogP contribution is 2.28. The minimum atomic E-state index is -4.47. The van der Waals surface area contributed by atoms with E-state index in [1.54, 1.807) is 24.3 Å². The second-order valence-electron chi connectivity index (χ2n) is 6.25. The van der Waals surface area contributed by atoms with Crippen LogP contribution in [0.25, 0.3) is 0 Å². The van der Waals surface area contributed by atoms with Crippen LogP contribution in [0.2, 0.25) is 5.02 Å². The topological polar surface area (TPSA) is 57.6 Å². The Hall–Kier alpha value is -1.76. The molecule has 1 amide bonds. The van der Waals surface area contributed by atoms with Gasteiger partial charge in [-0.1, -0.05) is 37.6 Å². The van der Waals surface area contributed by atoms with Crippen molar-refractivity contribution >= 4 is 23.5 Å². The van der Waals surface area contributed by atoms with Gasteiger partial charge in [-0.2, -0.15) is 13.2 Å². The molecule has 0 saturated carbocycles. The summed E-state index contributed by atoms with van der Waals surface area (Å²) in [6.45, 7) is 2.31. The number of aliphatic carboxylic acids is 1. The third kappa shape index (κ3) is 7.77. The number of benzene rings is 1. The van der Waals surface area contributed by atoms with E-state index in [1.807, 2.05) is 13.8 Å². The first-order chi connectivity index (χ1) is 11.5. The second-order valence-corrected chi connectivity index (χ2v) is 6.69. The zero-order chi connectivity index (χ0) is 19.2. The van der Waals surface area contributed by atoms with Crippen molar-refractivity contribution in [3.63, 3.8) is 0 Å². The van der Waals surface area contributed by atoms with Gasteiger partial charge in [0.1, 0.15) is 6.54 Å². The number of carboxylic acids is 1. The van der Waals surface area contributed by atoms with Gasteiger partial charge in [0.2, 0.25) is 5.91 Å². The van der Waals surface area contributed by atoms with Crippen LogP contribution in [0.1, 0.15) is 38.2 Å². The maximum absolute atomic E-state index is 12.8. The molecule has 0 aromatic heterocycles. The van der Waals surface area contributed by atoms with Crippen molar-refractivity contribution < 1.29 is 27.9 Å². The fourth-order valence-electron chi connectivity index (χ4n) is 2.46. The summed E-state index contributed by atoms with van der Waals surface area (Å²) in [6, 6.07) is 6.45. The van der Waals surface area contributed by atoms with Gasteiger partial charge >= 0.3 is 12.1 Å². The molecule has 1 unspecified atom stereocenters. The van der Waals surface area contributed by atoms with E-state index in [0.717, 1.165) is 4.90 Å². The standard InChI is InChI=1S/C17H21ClF3NO3/c1-11(2)9-14(12-3-5-13(18)6-4-12)16(25)22(10-15(23)24)8-7-17(19,20)21/h3-6,11,14H,7-10H2,1-2H3,(H,23,24). The van der Waals surface area contributed by atoms with Crippen molar-refractivity contribution in [2.75, 3.05) is 13.1 Å². The highest BCUT2D eigenvalue weighted by molar-refractivity contribution is 6.30. The van der Waals surface area contributed by atoms with Crippen LogP contribution in [0.4, 0.5) is 13.2 Å². The summed E-state index contributed by atoms with van der Waals surface area (Å²) in [7, 11) is 0. The molecule has 1 atom stereocenters. The van der Waals surface area contributed by atoms with E-state index in [2.05, 4.69) is 0 Å². The van der Waals surface area contributed by atoms with E-state index in [-0.39, 0.29) is 5.92 Å². The Labute approximate surface area is 149 Å². The molecular formula is C17H21ClF3NO3. The number of carbonyl (C=O) groups is 2. The Morgan fingerprint density at radius 1 is 1.20 bits per heavy atom. The van der Waals surface area contributed by atoms with E-state index in [1.165, 1.54) is 0 Å². The van der Waals surface area contributed by atoms with Crippen molar-refractivity contribution in [2.24, 2.45) is 5.92 Å². The van der Waals surface area contributed by atoms with Gasteiger partial charge < -0.3 is 10.0 Å². The lowest BCUT2D eigenvalue weighted by atomic mass is 9.89. The van der Waals surface area contributed by atoms with Gasteiger partial charge in [-0.25, -0.2) is 0 Å². The first-order valence-corrected chi connectivity index (χ1v) is 8.20. The predicted molar refractivity (Wildman–Crippen MR) is 88.5 cm³/mol. The third-order valence-corrected chi connectivity index (χ3v) is 3.83. The van der Waals surface area contributed by atoms with E-state index in [0.29, 0.717) is 17.0 Å². The van der Waals surface area contributed by atoms with Gasteiger partial charge in [0, 0.05) is 11.6 Å². The molecule has 0 bridgehead atoms. The first-order valence-electron chi connectivity index (χ1n) is 7.82. The third-order valence-electron chi connectivity index (χ3n) is 3.58. The maximum atomic E-state index is 12.8. The lowest BCUT2D eigenvalue weighted by molar-refractivity contribution is -0.153. The number of nitrogens with zero attached hydrogens (tertiary/aromatic N) is 1. The highest BCUT2D eigenvalue weighted by atomic mass is 35.5. The molecule has 1 aromatic rings. The normalized spacial score (nSPS) is 12.9. The summed E-state index contributed by atoms with van der Waals surface area (Å²) in [6.07, 6.45) is -5.32. The molecule has 4 nitrogen and oxygen atoms in total. The van der Waals surface area contributed by atoms with E-state index in [4.69, 9.17) is 16.7 Å². The van der Waals surface area contributed by atoms with Crippen LogP contribution >= 0.6 is 11.6 Å². The van der Waals surface area contributed by atoms with Crippen molar-refractivity contribution in [1.82, 2.24) is 4.90 Å². The van der Waals surface area contributed by atoms with E-state index >= 15 is 0 Å². The van der Waals surface area contributed by atoms with Crippen LogP contribution in [0.3, 0.4) is 0 Å². The molecule has 0 heterocycles. The molecule has 0 aliphatic rings. The summed E-state index contributed by atoms with van der Waals surface area (Å²) in [4.78, 5) is 24.5. The number of carbonyl (C=O) groups excluding carboxylic acids is 1. The molecule has 140 valence electrons. The van der Waals surface area contributed by atoms with Gasteiger partial charge in [-0.3, -0.25) is 9.59 Å². The number of alkyl halides is 3. The molecule has 25 heavy (non-hydrogen) atoms. The average Bonchev–Trinajstić information content (AvgIpc) is 2.48. The smallest absolute Gasteiger partial charge is 0.390 e. The number of halogens is 4. The van der Waals surface area contributed by atoms with Gasteiger partial charge in [0.05, 0.1) is 12.3 Å². The summed E-state index contributed by atoms with van der Waals surface area (Å²) in [5.41, 5.74) is 0.602. The predicted octanol–water partition coefficient (Wildman–Crippen LogP) is 4.34. The summed E-state index contributed by atoms with van der Waals surface area (Å²) in [5.74, 6) is -2.60. The van der Waals surface area contributed by atoms with Crippen molar-refractivity contribution in [3.05, 3.63) is 34.9 Å². The fourth-order valence-corrected chi connectivity index (χ4v) is 2.58. The summed E-state index contributed by atoms with van der Waals surface area (Å²) < 4.78 is 37.5. The molecule has 0 radical (unpaired) electrons. The molecule has 8 heteroatoms. The van der Waals surface area contributed by atoms with Crippen molar-refractivity contribution in [1.29, 1.82) is 0 Å². The van der Waals surface area contributed by atoms with Gasteiger partial charge in [0.25, 0.3) is 0 Å². The molecule has 1 aromatic carbocycles. The van der Waals surface area contributed by atoms with E-state index in [9.17, 15) is 22.8 Å². The number of rotatable bonds is 8. The van der Waals surface area contributed by atoms with Crippen LogP contribution < -0.4 is 0 Å². The number of hydrogen-bond acceptors (Lipinski definition) is 2. The Kier molecular flexibility index (Phi) is 7.73. The fraction of sp³-hybridized carbons (Fsp3) is 0.529. The van der Waals surface area contributed by atoms with Crippen molar-refractivity contribution in [3.8, 4) is 0 Å². The first kappa shape index (κ1) is 21.3. The van der Waals surface area contributed by atoms with Crippen LogP contribution in [-0.2, 0) is 9.59 Å². The Bertz CT molecular complexity index is 588. The lowest BCUT2D eigenvalue weighted by Crippen LogP contribution is -2.41. The average molecular weight is 380 g/mol. The molecule has 1 rings (SSSR count). The summed E-state index contributed by atoms with van der Waals surface area (Å²) >= 11 is 5.83. The highest BCUT2D eigenvalue weighted by Gasteiger charge is 2.32. The number of carboxylic acid groups (broad SMARTS) is 1. The molecule has 1 N–H and O–H groups in total. The number of hydrogen-bond donors (Lipinski definition) is 1. The van der Waals surface area contributed by atoms with Crippen LogP contribution in [0.5, 0.6) is 0 Å². The Balaban J connectivity index is 3.07. The minimum absolute atomic E-state index is 0.0962. The van der Waals surface area contributed by atoms with Gasteiger partial charge in [-0.15, -0.1) is 0 Å². The molecule has 0 fully saturated rings. The Morgan fingerprint density at radius 2 is 1.76 bits per heavy atom. The van der Waals surface area contributed by atoms with Crippen LogP contribution in [0.15, 0.2) is 24.3 Å². The SMILES string of the molecule is CC(C)CC(C(=O)N(CCC(F)(F)F)CC(=O)O)c1ccc(Cl)cc1. The van der Waals surface area contributed by atoms with Crippen molar-refractivity contribution in [2.45, 2.75) is 38.8 Å². The van der Waals surface area contributed by atoms with E-state index < -0.39 is 43.5 Å². The molecule has 0 spiro atoms. The van der Waals surface area contributed by atoms with Gasteiger partial charge in [0.15, 0.2) is 0 Å². The molecule has 0 aliphatic carbocycles. The molecule has 0 saturated heterocycles. The molecular weight excluding hydrogens is 359 g/mol. The summed E-state index contributed by atoms with van der Waals surface area (Å²) in [5, 5.41) is 9.41. The molecule has 0 aliphatic heterocycles. The second kappa shape index (κ2) is 9.08. The minimum Gasteiger partial charge on any atom is -0.480 e. The maximum Gasteiger partial charge on any atom is 0.390 e. The zero-order valence-electron chi connectivity index (χ0n) is 14.0. The van der Waals surface area contributed by atoms with Crippen LogP contribution in [0, 0.1) is 5.92 Å².